The number of β-amino-alcohol motifs (C(OH)–C–C–N with tert-alkyl or cyclic N) is 1. The highest BCUT2D eigenvalue weighted by Crippen LogP contribution is 2.25. The maximum atomic E-state index is 10.4. The Labute approximate surface area is 121 Å². The molecule has 0 saturated carbocycles. The highest BCUT2D eigenvalue weighted by molar-refractivity contribution is 4.77. The minimum absolute atomic E-state index is 0.190. The zero-order valence-electron chi connectivity index (χ0n) is 12.5. The molecule has 2 aliphatic heterocycles. The number of hydrogen-bond donors (Lipinski definition) is 4. The molecule has 2 saturated heterocycles. The minimum atomic E-state index is -0.571. The van der Waals surface area contributed by atoms with E-state index in [1.54, 1.807) is 0 Å². The van der Waals surface area contributed by atoms with Crippen molar-refractivity contribution in [3.63, 3.8) is 0 Å². The Balaban J connectivity index is 1.91. The van der Waals surface area contributed by atoms with Crippen molar-refractivity contribution in [3.8, 4) is 0 Å². The van der Waals surface area contributed by atoms with E-state index in [2.05, 4.69) is 16.0 Å². The number of nitrogens with one attached hydrogen (secondary N) is 3. The van der Waals surface area contributed by atoms with Crippen LogP contribution in [0, 0.1) is 0 Å². The van der Waals surface area contributed by atoms with Gasteiger partial charge in [-0.05, 0) is 13.8 Å². The lowest BCUT2D eigenvalue weighted by Gasteiger charge is -2.33. The van der Waals surface area contributed by atoms with Gasteiger partial charge in [0.1, 0.15) is 12.5 Å². The first-order chi connectivity index (χ1) is 9.58. The van der Waals surface area contributed by atoms with Crippen LogP contribution < -0.4 is 16.0 Å². The summed E-state index contributed by atoms with van der Waals surface area (Å²) >= 11 is 0. The van der Waals surface area contributed by atoms with E-state index in [0.29, 0.717) is 13.2 Å². The van der Waals surface area contributed by atoms with Crippen molar-refractivity contribution < 1.29 is 14.6 Å². The lowest BCUT2D eigenvalue weighted by atomic mass is 10.3. The van der Waals surface area contributed by atoms with Gasteiger partial charge in [0.15, 0.2) is 5.79 Å². The topological polar surface area (TPSA) is 78.0 Å². The fourth-order valence-electron chi connectivity index (χ4n) is 2.48. The van der Waals surface area contributed by atoms with E-state index >= 15 is 0 Å². The van der Waals surface area contributed by atoms with Crippen LogP contribution in [0.3, 0.4) is 0 Å². The predicted molar refractivity (Wildman–Crippen MR) is 76.2 cm³/mol. The van der Waals surface area contributed by atoms with Gasteiger partial charge in [-0.2, -0.15) is 0 Å². The molecule has 7 heteroatoms. The summed E-state index contributed by atoms with van der Waals surface area (Å²) in [6.07, 6.45) is -0.761. The Kier molecular flexibility index (Phi) is 6.16. The molecule has 2 atom stereocenters. The van der Waals surface area contributed by atoms with Gasteiger partial charge in [0.2, 0.25) is 0 Å². The summed E-state index contributed by atoms with van der Waals surface area (Å²) in [5.74, 6) is -0.571. The molecule has 0 aromatic heterocycles. The number of hydrogen-bond acceptors (Lipinski definition) is 7. The van der Waals surface area contributed by atoms with Crippen molar-refractivity contribution in [2.75, 3.05) is 52.4 Å². The van der Waals surface area contributed by atoms with Gasteiger partial charge in [0.05, 0.1) is 6.61 Å². The fraction of sp³-hybridized carbons (Fsp3) is 1.00. The summed E-state index contributed by atoms with van der Waals surface area (Å²) in [5, 5.41) is 20.3. The van der Waals surface area contributed by atoms with E-state index in [4.69, 9.17) is 9.47 Å². The number of rotatable bonds is 1. The normalized spacial score (nSPS) is 34.4. The molecule has 0 bridgehead atoms. The van der Waals surface area contributed by atoms with Gasteiger partial charge in [-0.25, -0.2) is 4.90 Å². The third-order valence-electron chi connectivity index (χ3n) is 3.58. The van der Waals surface area contributed by atoms with Crippen LogP contribution in [0.1, 0.15) is 13.8 Å². The number of aliphatic hydroxyl groups is 1. The van der Waals surface area contributed by atoms with Gasteiger partial charge < -0.3 is 30.5 Å². The molecule has 20 heavy (non-hydrogen) atoms. The van der Waals surface area contributed by atoms with Crippen LogP contribution in [0.15, 0.2) is 0 Å². The van der Waals surface area contributed by atoms with E-state index in [9.17, 15) is 5.11 Å². The molecule has 0 aliphatic carbocycles. The highest BCUT2D eigenvalue weighted by atomic mass is 16.8. The first-order valence-corrected chi connectivity index (χ1v) is 7.46. The smallest absolute Gasteiger partial charge is 0.165 e. The second-order valence-corrected chi connectivity index (χ2v) is 5.71. The Morgan fingerprint density at radius 2 is 1.70 bits per heavy atom. The standard InChI is InChI=1S/C13H28N4O3/c1-13(2)19-10-12(20-13)17-8-7-15-4-3-14-5-6-16-9-11(17)18/h11-12,14-16,18H,3-10H2,1-2H3. The molecule has 0 aromatic carbocycles. The summed E-state index contributed by atoms with van der Waals surface area (Å²) in [5.41, 5.74) is 0. The summed E-state index contributed by atoms with van der Waals surface area (Å²) in [4.78, 5) is 1.96. The quantitative estimate of drug-likeness (QED) is 0.468. The Morgan fingerprint density at radius 3 is 2.35 bits per heavy atom. The largest absolute Gasteiger partial charge is 0.377 e. The average Bonchev–Trinajstić information content (AvgIpc) is 2.74. The van der Waals surface area contributed by atoms with Crippen molar-refractivity contribution in [1.29, 1.82) is 0 Å². The summed E-state index contributed by atoms with van der Waals surface area (Å²) < 4.78 is 11.5. The predicted octanol–water partition coefficient (Wildman–Crippen LogP) is -1.50. The lowest BCUT2D eigenvalue weighted by molar-refractivity contribution is -0.178. The maximum absolute atomic E-state index is 10.4. The molecule has 2 fully saturated rings. The molecule has 4 N–H and O–H groups in total. The number of aliphatic hydroxyl groups excluding tert-OH is 1. The van der Waals surface area contributed by atoms with Crippen LogP contribution in [0.5, 0.6) is 0 Å². The summed E-state index contributed by atoms with van der Waals surface area (Å²) in [6, 6.07) is 0. The van der Waals surface area contributed by atoms with Crippen molar-refractivity contribution in [1.82, 2.24) is 20.9 Å². The van der Waals surface area contributed by atoms with Gasteiger partial charge in [-0.15, -0.1) is 0 Å². The van der Waals surface area contributed by atoms with Crippen LogP contribution in [0.4, 0.5) is 0 Å². The van der Waals surface area contributed by atoms with E-state index in [-0.39, 0.29) is 6.23 Å². The Morgan fingerprint density at radius 1 is 1.05 bits per heavy atom. The Bertz CT molecular complexity index is 291. The third kappa shape index (κ3) is 4.92. The van der Waals surface area contributed by atoms with E-state index in [1.165, 1.54) is 0 Å². The molecular formula is C13H28N4O3. The maximum Gasteiger partial charge on any atom is 0.165 e. The first kappa shape index (κ1) is 16.1. The van der Waals surface area contributed by atoms with Gasteiger partial charge in [-0.3, -0.25) is 0 Å². The SMILES string of the molecule is CC1(C)OCC(N2CCNCCNCCNCC2O)O1. The monoisotopic (exact) mass is 288 g/mol. The molecule has 0 radical (unpaired) electrons. The van der Waals surface area contributed by atoms with Crippen molar-refractivity contribution >= 4 is 0 Å². The first-order valence-electron chi connectivity index (χ1n) is 7.46. The van der Waals surface area contributed by atoms with Crippen LogP contribution >= 0.6 is 0 Å². The molecule has 0 aromatic rings. The van der Waals surface area contributed by atoms with Gasteiger partial charge in [0.25, 0.3) is 0 Å². The zero-order valence-corrected chi connectivity index (χ0v) is 12.5. The van der Waals surface area contributed by atoms with Gasteiger partial charge in [-0.1, -0.05) is 0 Å². The number of nitrogens with zero attached hydrogens (tertiary/aromatic N) is 1. The summed E-state index contributed by atoms with van der Waals surface area (Å²) in [7, 11) is 0. The second kappa shape index (κ2) is 7.65. The van der Waals surface area contributed by atoms with Crippen LogP contribution in [0.2, 0.25) is 0 Å². The minimum Gasteiger partial charge on any atom is -0.377 e. The third-order valence-corrected chi connectivity index (χ3v) is 3.58. The van der Waals surface area contributed by atoms with Crippen molar-refractivity contribution in [2.24, 2.45) is 0 Å². The molecule has 2 aliphatic rings. The van der Waals surface area contributed by atoms with Crippen LogP contribution in [0.25, 0.3) is 0 Å². The molecule has 2 unspecified atom stereocenters. The van der Waals surface area contributed by atoms with Crippen LogP contribution in [-0.2, 0) is 9.47 Å². The van der Waals surface area contributed by atoms with E-state index in [1.807, 2.05) is 18.7 Å². The zero-order chi connectivity index (χ0) is 14.4. The molecule has 0 amide bonds. The molecular weight excluding hydrogens is 260 g/mol. The second-order valence-electron chi connectivity index (χ2n) is 5.71. The summed E-state index contributed by atoms with van der Waals surface area (Å²) in [6.45, 7) is 10.0. The molecule has 2 heterocycles. The molecule has 7 nitrogen and oxygen atoms in total. The number of ether oxygens (including phenoxy) is 2. The average molecular weight is 288 g/mol. The molecule has 2 rings (SSSR count). The fourth-order valence-corrected chi connectivity index (χ4v) is 2.48. The van der Waals surface area contributed by atoms with Gasteiger partial charge >= 0.3 is 0 Å². The molecule has 118 valence electrons. The lowest BCUT2D eigenvalue weighted by Crippen LogP contribution is -2.52. The van der Waals surface area contributed by atoms with E-state index < -0.39 is 12.0 Å². The van der Waals surface area contributed by atoms with E-state index in [0.717, 1.165) is 39.3 Å². The van der Waals surface area contributed by atoms with Crippen molar-refractivity contribution in [3.05, 3.63) is 0 Å². The molecule has 0 spiro atoms. The Hall–Kier alpha value is -0.280. The van der Waals surface area contributed by atoms with Crippen molar-refractivity contribution in [2.45, 2.75) is 32.1 Å². The van der Waals surface area contributed by atoms with Gasteiger partial charge in [0, 0.05) is 45.8 Å². The van der Waals surface area contributed by atoms with Crippen LogP contribution in [-0.4, -0.2) is 80.7 Å². The highest BCUT2D eigenvalue weighted by Gasteiger charge is 2.38.